The van der Waals surface area contributed by atoms with Crippen molar-refractivity contribution in [2.24, 2.45) is 17.8 Å². The van der Waals surface area contributed by atoms with Crippen molar-refractivity contribution in [1.82, 2.24) is 19.6 Å². The van der Waals surface area contributed by atoms with Crippen LogP contribution in [0.2, 0.25) is 5.02 Å². The number of likely N-dealkylation sites (tertiary alicyclic amines) is 3. The molecule has 1 aromatic heterocycles. The molecule has 250 valence electrons. The SMILES string of the molecule is CCc1cc(C[C@@H](CC(=O)N2CCC(N3Cc4cscc4NC3=O)CC2)C(=O)N2CCC(C3CCN(C)CC3)CC2)cc(Cl)c1N. The van der Waals surface area contributed by atoms with Crippen molar-refractivity contribution in [2.75, 3.05) is 57.4 Å². The average molecular weight is 669 g/mol. The minimum atomic E-state index is -0.459. The van der Waals surface area contributed by atoms with Crippen LogP contribution in [0.25, 0.3) is 0 Å². The number of thiophene rings is 1. The number of piperidine rings is 3. The number of carbonyl (C=O) groups excluding carboxylic acids is 3. The number of carbonyl (C=O) groups is 3. The summed E-state index contributed by atoms with van der Waals surface area (Å²) >= 11 is 8.11. The molecular weight excluding hydrogens is 620 g/mol. The smallest absolute Gasteiger partial charge is 0.322 e. The summed E-state index contributed by atoms with van der Waals surface area (Å²) in [6, 6.07) is 3.94. The number of amides is 4. The number of anilines is 2. The summed E-state index contributed by atoms with van der Waals surface area (Å²) in [6.07, 6.45) is 7.42. The molecule has 6 rings (SSSR count). The fourth-order valence-electron chi connectivity index (χ4n) is 8.09. The predicted octanol–water partition coefficient (Wildman–Crippen LogP) is 5.71. The molecule has 0 radical (unpaired) electrons. The molecule has 3 fully saturated rings. The van der Waals surface area contributed by atoms with Crippen LogP contribution in [0, 0.1) is 17.8 Å². The van der Waals surface area contributed by atoms with Gasteiger partial charge in [-0.2, -0.15) is 0 Å². The van der Waals surface area contributed by atoms with Crippen LogP contribution in [0.3, 0.4) is 0 Å². The Kier molecular flexibility index (Phi) is 10.4. The minimum absolute atomic E-state index is 0.0125. The summed E-state index contributed by atoms with van der Waals surface area (Å²) in [5, 5.41) is 7.58. The highest BCUT2D eigenvalue weighted by molar-refractivity contribution is 7.08. The number of benzene rings is 1. The molecule has 46 heavy (non-hydrogen) atoms. The molecule has 4 amide bonds. The van der Waals surface area contributed by atoms with Gasteiger partial charge in [0.2, 0.25) is 11.8 Å². The maximum atomic E-state index is 14.2. The lowest BCUT2D eigenvalue weighted by atomic mass is 9.78. The van der Waals surface area contributed by atoms with Crippen molar-refractivity contribution in [2.45, 2.75) is 77.3 Å². The molecule has 3 N–H and O–H groups in total. The summed E-state index contributed by atoms with van der Waals surface area (Å²) in [5.74, 6) is 1.06. The Bertz CT molecular complexity index is 1410. The number of halogens is 1. The number of nitrogens with one attached hydrogen (secondary N) is 1. The minimum Gasteiger partial charge on any atom is -0.397 e. The largest absolute Gasteiger partial charge is 0.397 e. The highest BCUT2D eigenvalue weighted by atomic mass is 35.5. The van der Waals surface area contributed by atoms with Gasteiger partial charge in [-0.3, -0.25) is 9.59 Å². The van der Waals surface area contributed by atoms with Crippen LogP contribution >= 0.6 is 22.9 Å². The molecule has 1 atom stereocenters. The van der Waals surface area contributed by atoms with E-state index in [0.29, 0.717) is 42.7 Å². The molecule has 0 saturated carbocycles. The van der Waals surface area contributed by atoms with Crippen LogP contribution < -0.4 is 11.1 Å². The Morgan fingerprint density at radius 3 is 2.30 bits per heavy atom. The van der Waals surface area contributed by atoms with E-state index in [9.17, 15) is 14.4 Å². The number of rotatable bonds is 8. The average Bonchev–Trinajstić information content (AvgIpc) is 3.53. The number of nitrogens with zero attached hydrogens (tertiary/aromatic N) is 4. The Hall–Kier alpha value is -2.82. The van der Waals surface area contributed by atoms with E-state index in [-0.39, 0.29) is 30.3 Å². The number of aryl methyl sites for hydroxylation is 1. The molecule has 4 aliphatic rings. The van der Waals surface area contributed by atoms with E-state index in [2.05, 4.69) is 22.6 Å². The van der Waals surface area contributed by atoms with E-state index in [1.165, 1.54) is 12.8 Å². The molecule has 0 unspecified atom stereocenters. The van der Waals surface area contributed by atoms with Crippen LogP contribution in [0.4, 0.5) is 16.2 Å². The molecule has 3 saturated heterocycles. The van der Waals surface area contributed by atoms with Crippen molar-refractivity contribution in [1.29, 1.82) is 0 Å². The van der Waals surface area contributed by atoms with Crippen molar-refractivity contribution in [3.8, 4) is 0 Å². The van der Waals surface area contributed by atoms with Crippen LogP contribution in [0.5, 0.6) is 0 Å². The Morgan fingerprint density at radius 2 is 1.63 bits per heavy atom. The summed E-state index contributed by atoms with van der Waals surface area (Å²) in [4.78, 5) is 49.0. The molecule has 2 aromatic rings. The lowest BCUT2D eigenvalue weighted by Gasteiger charge is -2.41. The lowest BCUT2D eigenvalue weighted by Crippen LogP contribution is -2.51. The zero-order valence-corrected chi connectivity index (χ0v) is 28.9. The van der Waals surface area contributed by atoms with Gasteiger partial charge in [0, 0.05) is 49.6 Å². The quantitative estimate of drug-likeness (QED) is 0.351. The first-order chi connectivity index (χ1) is 22.2. The second kappa shape index (κ2) is 14.5. The number of fused-ring (bicyclic) bond motifs is 1. The van der Waals surface area contributed by atoms with Gasteiger partial charge in [-0.05, 0) is 106 Å². The van der Waals surface area contributed by atoms with Crippen LogP contribution in [0.15, 0.2) is 22.9 Å². The van der Waals surface area contributed by atoms with Gasteiger partial charge in [0.05, 0.1) is 28.9 Å². The van der Waals surface area contributed by atoms with Crippen molar-refractivity contribution >= 4 is 52.2 Å². The molecule has 11 heteroatoms. The van der Waals surface area contributed by atoms with Gasteiger partial charge in [-0.15, -0.1) is 11.3 Å². The van der Waals surface area contributed by atoms with Gasteiger partial charge in [-0.25, -0.2) is 4.79 Å². The monoisotopic (exact) mass is 668 g/mol. The van der Waals surface area contributed by atoms with Gasteiger partial charge < -0.3 is 30.7 Å². The van der Waals surface area contributed by atoms with E-state index in [4.69, 9.17) is 17.3 Å². The molecule has 0 bridgehead atoms. The van der Waals surface area contributed by atoms with E-state index < -0.39 is 5.92 Å². The summed E-state index contributed by atoms with van der Waals surface area (Å²) < 4.78 is 0. The second-order valence-electron chi connectivity index (χ2n) is 13.9. The lowest BCUT2D eigenvalue weighted by molar-refractivity contribution is -0.143. The standard InChI is InChI=1S/C35H49ClN6O3S/c1-3-24-16-23(18-30(36)33(24)37)17-27(34(44)41-12-6-26(7-13-41)25-4-10-39(2)11-5-25)19-32(43)40-14-8-29(9-15-40)42-20-28-21-46-22-31(28)38-35(42)45/h16,18,21-22,25-27,29H,3-15,17,19-20,37H2,1-2H3,(H,38,45)/t27-/m0/s1. The van der Waals surface area contributed by atoms with Crippen molar-refractivity contribution in [3.05, 3.63) is 44.6 Å². The highest BCUT2D eigenvalue weighted by Gasteiger charge is 2.36. The van der Waals surface area contributed by atoms with Crippen LogP contribution in [-0.4, -0.2) is 89.8 Å². The highest BCUT2D eigenvalue weighted by Crippen LogP contribution is 2.34. The van der Waals surface area contributed by atoms with Gasteiger partial charge in [0.15, 0.2) is 0 Å². The second-order valence-corrected chi connectivity index (χ2v) is 15.0. The fraction of sp³-hybridized carbons (Fsp3) is 0.629. The summed E-state index contributed by atoms with van der Waals surface area (Å²) in [7, 11) is 2.20. The number of hydrogen-bond acceptors (Lipinski definition) is 6. The predicted molar refractivity (Wildman–Crippen MR) is 185 cm³/mol. The van der Waals surface area contributed by atoms with Crippen molar-refractivity contribution < 1.29 is 14.4 Å². The van der Waals surface area contributed by atoms with Crippen molar-refractivity contribution in [3.63, 3.8) is 0 Å². The maximum Gasteiger partial charge on any atom is 0.322 e. The molecule has 9 nitrogen and oxygen atoms in total. The number of nitrogen functional groups attached to an aromatic ring is 1. The zero-order valence-electron chi connectivity index (χ0n) is 27.3. The number of hydrogen-bond donors (Lipinski definition) is 2. The first kappa shape index (κ1) is 33.1. The first-order valence-corrected chi connectivity index (χ1v) is 18.5. The third kappa shape index (κ3) is 7.34. The Morgan fingerprint density at radius 1 is 0.978 bits per heavy atom. The van der Waals surface area contributed by atoms with E-state index in [1.54, 1.807) is 11.3 Å². The van der Waals surface area contributed by atoms with Gasteiger partial charge in [-0.1, -0.05) is 24.6 Å². The molecular formula is C35H49ClN6O3S. The number of nitrogens with two attached hydrogens (primary N) is 1. The molecule has 1 aromatic carbocycles. The van der Waals surface area contributed by atoms with E-state index in [1.807, 2.05) is 39.1 Å². The third-order valence-electron chi connectivity index (χ3n) is 11.0. The van der Waals surface area contributed by atoms with Gasteiger partial charge in [0.25, 0.3) is 0 Å². The number of urea groups is 1. The normalized spacial score (nSPS) is 21.3. The first-order valence-electron chi connectivity index (χ1n) is 17.1. The molecule has 0 aliphatic carbocycles. The summed E-state index contributed by atoms with van der Waals surface area (Å²) in [6.45, 7) is 7.67. The van der Waals surface area contributed by atoms with Crippen LogP contribution in [-0.2, 0) is 29.0 Å². The summed E-state index contributed by atoms with van der Waals surface area (Å²) in [5.41, 5.74) is 10.8. The molecule has 4 aliphatic heterocycles. The topological polar surface area (TPSA) is 102 Å². The van der Waals surface area contributed by atoms with E-state index >= 15 is 0 Å². The van der Waals surface area contributed by atoms with E-state index in [0.717, 1.165) is 86.6 Å². The Labute approximate surface area is 282 Å². The molecule has 0 spiro atoms. The van der Waals surface area contributed by atoms with Crippen LogP contribution in [0.1, 0.15) is 68.6 Å². The fourth-order valence-corrected chi connectivity index (χ4v) is 9.13. The molecule has 5 heterocycles. The third-order valence-corrected chi connectivity index (χ3v) is 12.1. The van der Waals surface area contributed by atoms with Gasteiger partial charge >= 0.3 is 6.03 Å². The van der Waals surface area contributed by atoms with Gasteiger partial charge in [0.1, 0.15) is 0 Å². The zero-order chi connectivity index (χ0) is 32.4. The Balaban J connectivity index is 1.10. The maximum absolute atomic E-state index is 14.2.